The van der Waals surface area contributed by atoms with Gasteiger partial charge in [0.05, 0.1) is 19.8 Å². The van der Waals surface area contributed by atoms with Crippen LogP contribution in [0.5, 0.6) is 11.5 Å². The van der Waals surface area contributed by atoms with Crippen LogP contribution < -0.4 is 14.8 Å². The third-order valence-electron chi connectivity index (χ3n) is 4.20. The second-order valence-corrected chi connectivity index (χ2v) is 6.22. The summed E-state index contributed by atoms with van der Waals surface area (Å²) in [7, 11) is 3.13. The number of ether oxygens (including phenoxy) is 2. The maximum atomic E-state index is 12.4. The summed E-state index contributed by atoms with van der Waals surface area (Å²) < 4.78 is 18.4. The molecule has 0 aliphatic rings. The van der Waals surface area contributed by atoms with Crippen LogP contribution in [-0.2, 0) is 13.0 Å². The summed E-state index contributed by atoms with van der Waals surface area (Å²) in [6.07, 6.45) is 0.543. The lowest BCUT2D eigenvalue weighted by Crippen LogP contribution is -2.26. The molecule has 3 aromatic rings. The van der Waals surface area contributed by atoms with E-state index in [1.54, 1.807) is 38.5 Å². The fourth-order valence-corrected chi connectivity index (χ4v) is 3.04. The van der Waals surface area contributed by atoms with Crippen LogP contribution in [0.3, 0.4) is 0 Å². The van der Waals surface area contributed by atoms with E-state index >= 15 is 0 Å². The Kier molecular flexibility index (Phi) is 6.09. The number of aromatic amines is 1. The summed E-state index contributed by atoms with van der Waals surface area (Å²) in [6.45, 7) is 3.09. The van der Waals surface area contributed by atoms with Crippen molar-refractivity contribution in [3.05, 3.63) is 40.6 Å². The van der Waals surface area contributed by atoms with E-state index in [1.807, 2.05) is 11.5 Å². The molecule has 0 fully saturated rings. The van der Waals surface area contributed by atoms with Crippen molar-refractivity contribution in [3.8, 4) is 22.8 Å². The molecule has 2 N–H and O–H groups in total. The van der Waals surface area contributed by atoms with Gasteiger partial charge in [-0.25, -0.2) is 0 Å². The Bertz CT molecular complexity index is 1020. The molecule has 1 amide bonds. The highest BCUT2D eigenvalue weighted by atomic mass is 32.1. The molecule has 0 aliphatic carbocycles. The number of amides is 1. The first-order valence-corrected chi connectivity index (χ1v) is 9.09. The molecule has 0 unspecified atom stereocenters. The number of carbonyl (C=O) groups excluding carboxylic acids is 1. The van der Waals surface area contributed by atoms with Crippen molar-refractivity contribution in [2.75, 3.05) is 20.8 Å². The maximum Gasteiger partial charge on any atom is 0.273 e. The van der Waals surface area contributed by atoms with Crippen molar-refractivity contribution in [3.63, 3.8) is 0 Å². The van der Waals surface area contributed by atoms with Crippen molar-refractivity contribution < 1.29 is 18.8 Å². The molecule has 0 saturated heterocycles. The Morgan fingerprint density at radius 2 is 2.14 bits per heavy atom. The van der Waals surface area contributed by atoms with E-state index in [1.165, 1.54) is 0 Å². The van der Waals surface area contributed by atoms with E-state index in [9.17, 15) is 4.79 Å². The van der Waals surface area contributed by atoms with Gasteiger partial charge in [-0.15, -0.1) is 0 Å². The molecule has 0 radical (unpaired) electrons. The predicted octanol–water partition coefficient (Wildman–Crippen LogP) is 2.61. The summed E-state index contributed by atoms with van der Waals surface area (Å²) in [6, 6.07) is 6.86. The Hall–Kier alpha value is -3.14. The van der Waals surface area contributed by atoms with Crippen LogP contribution in [0.15, 0.2) is 28.8 Å². The number of carbonyl (C=O) groups is 1. The largest absolute Gasteiger partial charge is 0.497 e. The fraction of sp³-hybridized carbons (Fsp3) is 0.333. The smallest absolute Gasteiger partial charge is 0.273 e. The first-order valence-electron chi connectivity index (χ1n) is 8.68. The van der Waals surface area contributed by atoms with Gasteiger partial charge in [0.25, 0.3) is 5.91 Å². The van der Waals surface area contributed by atoms with Gasteiger partial charge in [-0.05, 0) is 37.3 Å². The zero-order valence-electron chi connectivity index (χ0n) is 15.8. The number of methoxy groups -OCH3 is 2. The standard InChI is InChI=1S/C18H21N5O4S/c1-4-23-16(20-21-18(23)28)7-8-19-17(24)13-10-15(27-22-13)12-9-11(25-2)5-6-14(12)26-3/h5-6,9-10H,4,7-8H2,1-3H3,(H,19,24)(H,21,28). The molecule has 0 saturated carbocycles. The molecule has 3 rings (SSSR count). The van der Waals surface area contributed by atoms with Crippen LogP contribution in [0.2, 0.25) is 0 Å². The zero-order valence-corrected chi connectivity index (χ0v) is 16.6. The third kappa shape index (κ3) is 4.06. The Labute approximate surface area is 166 Å². The average molecular weight is 403 g/mol. The number of aromatic nitrogens is 4. The van der Waals surface area contributed by atoms with E-state index in [0.29, 0.717) is 47.1 Å². The molecule has 10 heteroatoms. The quantitative estimate of drug-likeness (QED) is 0.557. The van der Waals surface area contributed by atoms with Crippen LogP contribution >= 0.6 is 12.2 Å². The topological polar surface area (TPSA) is 107 Å². The summed E-state index contributed by atoms with van der Waals surface area (Å²) >= 11 is 5.15. The van der Waals surface area contributed by atoms with Gasteiger partial charge in [0, 0.05) is 25.6 Å². The van der Waals surface area contributed by atoms with E-state index in [4.69, 9.17) is 26.2 Å². The number of benzene rings is 1. The molecule has 2 heterocycles. The molecule has 148 valence electrons. The van der Waals surface area contributed by atoms with Crippen LogP contribution in [0, 0.1) is 4.77 Å². The van der Waals surface area contributed by atoms with Crippen LogP contribution in [-0.4, -0.2) is 46.6 Å². The summed E-state index contributed by atoms with van der Waals surface area (Å²) in [5.74, 6) is 2.09. The first kappa shape index (κ1) is 19.6. The van der Waals surface area contributed by atoms with Gasteiger partial charge in [-0.3, -0.25) is 9.89 Å². The lowest BCUT2D eigenvalue weighted by Gasteiger charge is -2.07. The molecule has 1 aromatic carbocycles. The molecule has 0 atom stereocenters. The predicted molar refractivity (Wildman–Crippen MR) is 104 cm³/mol. The summed E-state index contributed by atoms with van der Waals surface area (Å²) in [5.41, 5.74) is 0.820. The highest BCUT2D eigenvalue weighted by Crippen LogP contribution is 2.33. The van der Waals surface area contributed by atoms with Gasteiger partial charge in [-0.2, -0.15) is 5.10 Å². The lowest BCUT2D eigenvalue weighted by molar-refractivity contribution is 0.0945. The van der Waals surface area contributed by atoms with Crippen LogP contribution in [0.25, 0.3) is 11.3 Å². The van der Waals surface area contributed by atoms with E-state index < -0.39 is 0 Å². The van der Waals surface area contributed by atoms with Gasteiger partial charge >= 0.3 is 0 Å². The maximum absolute atomic E-state index is 12.4. The van der Waals surface area contributed by atoms with E-state index in [0.717, 1.165) is 5.82 Å². The molecule has 0 spiro atoms. The number of hydrogen-bond donors (Lipinski definition) is 2. The Morgan fingerprint density at radius 1 is 1.32 bits per heavy atom. The van der Waals surface area contributed by atoms with Crippen molar-refractivity contribution in [1.82, 2.24) is 25.2 Å². The summed E-state index contributed by atoms with van der Waals surface area (Å²) in [4.78, 5) is 12.4. The molecular weight excluding hydrogens is 382 g/mol. The molecular formula is C18H21N5O4S. The van der Waals surface area contributed by atoms with Crippen molar-refractivity contribution in [2.45, 2.75) is 19.9 Å². The highest BCUT2D eigenvalue weighted by molar-refractivity contribution is 7.71. The number of H-pyrrole nitrogens is 1. The highest BCUT2D eigenvalue weighted by Gasteiger charge is 2.17. The normalized spacial score (nSPS) is 10.7. The first-order chi connectivity index (χ1) is 13.6. The van der Waals surface area contributed by atoms with E-state index in [-0.39, 0.29) is 11.6 Å². The third-order valence-corrected chi connectivity index (χ3v) is 4.51. The second-order valence-electron chi connectivity index (χ2n) is 5.84. The van der Waals surface area contributed by atoms with Crippen LogP contribution in [0.1, 0.15) is 23.2 Å². The lowest BCUT2D eigenvalue weighted by atomic mass is 10.1. The van der Waals surface area contributed by atoms with Crippen molar-refractivity contribution in [2.24, 2.45) is 0 Å². The number of nitrogens with zero attached hydrogens (tertiary/aromatic N) is 3. The minimum atomic E-state index is -0.339. The van der Waals surface area contributed by atoms with Gasteiger partial charge in [-0.1, -0.05) is 5.16 Å². The van der Waals surface area contributed by atoms with E-state index in [2.05, 4.69) is 20.7 Å². The van der Waals surface area contributed by atoms with Crippen LogP contribution in [0.4, 0.5) is 0 Å². The monoisotopic (exact) mass is 403 g/mol. The second kappa shape index (κ2) is 8.70. The minimum Gasteiger partial charge on any atom is -0.497 e. The van der Waals surface area contributed by atoms with Gasteiger partial charge in [0.1, 0.15) is 17.3 Å². The molecule has 9 nitrogen and oxygen atoms in total. The molecule has 0 aliphatic heterocycles. The Morgan fingerprint density at radius 3 is 2.86 bits per heavy atom. The van der Waals surface area contributed by atoms with Crippen molar-refractivity contribution >= 4 is 18.1 Å². The van der Waals surface area contributed by atoms with Gasteiger partial charge < -0.3 is 23.9 Å². The molecule has 0 bridgehead atoms. The minimum absolute atomic E-state index is 0.175. The fourth-order valence-electron chi connectivity index (χ4n) is 2.76. The average Bonchev–Trinajstić information content (AvgIpc) is 3.34. The molecule has 28 heavy (non-hydrogen) atoms. The number of rotatable bonds is 8. The van der Waals surface area contributed by atoms with Gasteiger partial charge in [0.15, 0.2) is 16.2 Å². The number of hydrogen-bond acceptors (Lipinski definition) is 7. The van der Waals surface area contributed by atoms with Crippen molar-refractivity contribution in [1.29, 1.82) is 0 Å². The zero-order chi connectivity index (χ0) is 20.1. The number of nitrogens with one attached hydrogen (secondary N) is 2. The SMILES string of the molecule is CCn1c(CCNC(=O)c2cc(-c3cc(OC)ccc3OC)on2)n[nH]c1=S. The van der Waals surface area contributed by atoms with Gasteiger partial charge in [0.2, 0.25) is 0 Å². The Balaban J connectivity index is 1.68. The molecule has 2 aromatic heterocycles. The summed E-state index contributed by atoms with van der Waals surface area (Å²) in [5, 5.41) is 13.6.